The van der Waals surface area contributed by atoms with E-state index in [0.717, 1.165) is 24.9 Å². The Morgan fingerprint density at radius 2 is 2.18 bits per heavy atom. The molecule has 0 bridgehead atoms. The Kier molecular flexibility index (Phi) is 4.54. The summed E-state index contributed by atoms with van der Waals surface area (Å²) in [6, 6.07) is 0.701. The lowest BCUT2D eigenvalue weighted by Crippen LogP contribution is -2.42. The second-order valence-corrected chi connectivity index (χ2v) is 5.42. The van der Waals surface area contributed by atoms with Crippen LogP contribution in [-0.2, 0) is 6.54 Å². The van der Waals surface area contributed by atoms with Gasteiger partial charge in [-0.15, -0.1) is 5.10 Å². The van der Waals surface area contributed by atoms with Crippen molar-refractivity contribution in [2.24, 2.45) is 11.8 Å². The van der Waals surface area contributed by atoms with Crippen LogP contribution >= 0.6 is 0 Å². The third-order valence-electron chi connectivity index (χ3n) is 3.90. The number of rotatable bonds is 5. The lowest BCUT2D eigenvalue weighted by Gasteiger charge is -2.35. The van der Waals surface area contributed by atoms with Gasteiger partial charge in [0.05, 0.1) is 12.7 Å². The minimum absolute atomic E-state index is 0.701. The normalized spacial score (nSPS) is 25.4. The second-order valence-electron chi connectivity index (χ2n) is 5.42. The van der Waals surface area contributed by atoms with E-state index in [1.165, 1.54) is 25.7 Å². The van der Waals surface area contributed by atoms with Crippen LogP contribution in [0, 0.1) is 11.8 Å². The Labute approximate surface area is 104 Å². The fourth-order valence-corrected chi connectivity index (χ4v) is 2.93. The molecule has 1 saturated carbocycles. The molecule has 0 radical (unpaired) electrons. The van der Waals surface area contributed by atoms with Crippen LogP contribution < -0.4 is 5.32 Å². The zero-order valence-electron chi connectivity index (χ0n) is 11.0. The lowest BCUT2D eigenvalue weighted by atomic mass is 9.78. The van der Waals surface area contributed by atoms with Gasteiger partial charge in [0.15, 0.2) is 0 Å². The summed E-state index contributed by atoms with van der Waals surface area (Å²) in [4.78, 5) is 0. The van der Waals surface area contributed by atoms with E-state index in [1.807, 2.05) is 10.9 Å². The number of aromatic nitrogens is 3. The number of hydrogen-bond acceptors (Lipinski definition) is 3. The first-order valence-corrected chi connectivity index (χ1v) is 6.85. The van der Waals surface area contributed by atoms with Gasteiger partial charge in [-0.05, 0) is 24.7 Å². The van der Waals surface area contributed by atoms with Crippen molar-refractivity contribution in [3.63, 3.8) is 0 Å². The molecule has 1 aromatic rings. The largest absolute Gasteiger partial charge is 0.312 e. The van der Waals surface area contributed by atoms with Crippen LogP contribution in [0.2, 0.25) is 0 Å². The fourth-order valence-electron chi connectivity index (χ4n) is 2.93. The number of hydrogen-bond donors (Lipinski definition) is 1. The second kappa shape index (κ2) is 6.15. The summed E-state index contributed by atoms with van der Waals surface area (Å²) < 4.78 is 1.89. The molecule has 0 saturated heterocycles. The summed E-state index contributed by atoms with van der Waals surface area (Å²) in [6.45, 7) is 6.61. The Morgan fingerprint density at radius 3 is 2.88 bits per heavy atom. The predicted molar refractivity (Wildman–Crippen MR) is 68.6 cm³/mol. The zero-order valence-corrected chi connectivity index (χ0v) is 11.0. The van der Waals surface area contributed by atoms with Crippen LogP contribution in [0.1, 0.15) is 39.5 Å². The molecule has 1 heterocycles. The van der Waals surface area contributed by atoms with Gasteiger partial charge < -0.3 is 5.32 Å². The molecule has 0 amide bonds. The Morgan fingerprint density at radius 1 is 1.35 bits per heavy atom. The zero-order chi connectivity index (χ0) is 12.1. The van der Waals surface area contributed by atoms with E-state index in [4.69, 9.17) is 0 Å². The third-order valence-corrected chi connectivity index (χ3v) is 3.90. The monoisotopic (exact) mass is 236 g/mol. The first-order valence-electron chi connectivity index (χ1n) is 6.85. The quantitative estimate of drug-likeness (QED) is 0.851. The van der Waals surface area contributed by atoms with Gasteiger partial charge in [-0.1, -0.05) is 31.9 Å². The molecule has 96 valence electrons. The maximum absolute atomic E-state index is 3.98. The van der Waals surface area contributed by atoms with E-state index in [-0.39, 0.29) is 0 Å². The molecule has 4 nitrogen and oxygen atoms in total. The lowest BCUT2D eigenvalue weighted by molar-refractivity contribution is 0.204. The summed E-state index contributed by atoms with van der Waals surface area (Å²) in [5.74, 6) is 1.64. The average molecular weight is 236 g/mol. The van der Waals surface area contributed by atoms with Gasteiger partial charge in [-0.2, -0.15) is 0 Å². The molecule has 4 heteroatoms. The topological polar surface area (TPSA) is 42.7 Å². The third kappa shape index (κ3) is 3.53. The first-order chi connectivity index (χ1) is 8.27. The summed E-state index contributed by atoms with van der Waals surface area (Å²) in [5, 5.41) is 11.5. The first kappa shape index (κ1) is 12.6. The van der Waals surface area contributed by atoms with Gasteiger partial charge in [-0.3, -0.25) is 4.68 Å². The standard InChI is InChI=1S/C13H24N4/c1-11(2)12-5-3-4-6-13(12)14-7-9-17-10-8-15-16-17/h8,10-14H,3-7,9H2,1-2H3. The summed E-state index contributed by atoms with van der Waals surface area (Å²) >= 11 is 0. The smallest absolute Gasteiger partial charge is 0.0692 e. The Hall–Kier alpha value is -0.900. The molecule has 2 atom stereocenters. The molecule has 0 aliphatic heterocycles. The van der Waals surface area contributed by atoms with Crippen molar-refractivity contribution in [2.75, 3.05) is 6.54 Å². The molecule has 1 aliphatic carbocycles. The summed E-state index contributed by atoms with van der Waals surface area (Å²) in [5.41, 5.74) is 0. The minimum Gasteiger partial charge on any atom is -0.312 e. The molecule has 0 aromatic carbocycles. The van der Waals surface area contributed by atoms with Crippen molar-refractivity contribution in [1.29, 1.82) is 0 Å². The van der Waals surface area contributed by atoms with Gasteiger partial charge in [0.2, 0.25) is 0 Å². The van der Waals surface area contributed by atoms with Crippen molar-refractivity contribution in [3.8, 4) is 0 Å². The Balaban J connectivity index is 1.76. The SMILES string of the molecule is CC(C)C1CCCCC1NCCn1ccnn1. The van der Waals surface area contributed by atoms with E-state index in [1.54, 1.807) is 6.20 Å². The summed E-state index contributed by atoms with van der Waals surface area (Å²) in [7, 11) is 0. The van der Waals surface area contributed by atoms with Crippen molar-refractivity contribution in [3.05, 3.63) is 12.4 Å². The van der Waals surface area contributed by atoms with Crippen LogP contribution in [0.15, 0.2) is 12.4 Å². The molecule has 1 N–H and O–H groups in total. The van der Waals surface area contributed by atoms with E-state index in [2.05, 4.69) is 29.5 Å². The van der Waals surface area contributed by atoms with Gasteiger partial charge >= 0.3 is 0 Å². The van der Waals surface area contributed by atoms with Crippen LogP contribution in [-0.4, -0.2) is 27.6 Å². The molecule has 2 rings (SSSR count). The molecular formula is C13H24N4. The van der Waals surface area contributed by atoms with Crippen molar-refractivity contribution < 1.29 is 0 Å². The van der Waals surface area contributed by atoms with Crippen molar-refractivity contribution in [2.45, 2.75) is 52.1 Å². The number of nitrogens with zero attached hydrogens (tertiary/aromatic N) is 3. The maximum Gasteiger partial charge on any atom is 0.0692 e. The van der Waals surface area contributed by atoms with Crippen LogP contribution in [0.3, 0.4) is 0 Å². The highest BCUT2D eigenvalue weighted by Crippen LogP contribution is 2.29. The van der Waals surface area contributed by atoms with Crippen LogP contribution in [0.5, 0.6) is 0 Å². The molecule has 1 aliphatic rings. The molecule has 1 fully saturated rings. The van der Waals surface area contributed by atoms with Crippen molar-refractivity contribution >= 4 is 0 Å². The predicted octanol–water partition coefficient (Wildman–Crippen LogP) is 2.08. The van der Waals surface area contributed by atoms with Gasteiger partial charge in [0, 0.05) is 18.8 Å². The molecular weight excluding hydrogens is 212 g/mol. The van der Waals surface area contributed by atoms with Crippen LogP contribution in [0.4, 0.5) is 0 Å². The highest BCUT2D eigenvalue weighted by Gasteiger charge is 2.26. The van der Waals surface area contributed by atoms with Gasteiger partial charge in [-0.25, -0.2) is 0 Å². The molecule has 17 heavy (non-hydrogen) atoms. The maximum atomic E-state index is 3.98. The minimum atomic E-state index is 0.701. The van der Waals surface area contributed by atoms with Gasteiger partial charge in [0.1, 0.15) is 0 Å². The van der Waals surface area contributed by atoms with Crippen LogP contribution in [0.25, 0.3) is 0 Å². The molecule has 2 unspecified atom stereocenters. The van der Waals surface area contributed by atoms with E-state index >= 15 is 0 Å². The van der Waals surface area contributed by atoms with Gasteiger partial charge in [0.25, 0.3) is 0 Å². The Bertz CT molecular complexity index is 307. The average Bonchev–Trinajstić information content (AvgIpc) is 2.82. The molecule has 1 aromatic heterocycles. The van der Waals surface area contributed by atoms with Crippen molar-refractivity contribution in [1.82, 2.24) is 20.3 Å². The highest BCUT2D eigenvalue weighted by atomic mass is 15.4. The summed E-state index contributed by atoms with van der Waals surface area (Å²) in [6.07, 6.45) is 9.16. The number of nitrogens with one attached hydrogen (secondary N) is 1. The fraction of sp³-hybridized carbons (Fsp3) is 0.846. The van der Waals surface area contributed by atoms with E-state index < -0.39 is 0 Å². The van der Waals surface area contributed by atoms with E-state index in [0.29, 0.717) is 6.04 Å². The highest BCUT2D eigenvalue weighted by molar-refractivity contribution is 4.82. The van der Waals surface area contributed by atoms with E-state index in [9.17, 15) is 0 Å². The molecule has 0 spiro atoms.